The van der Waals surface area contributed by atoms with Gasteiger partial charge in [-0.2, -0.15) is 4.98 Å². The molecule has 0 radical (unpaired) electrons. The number of halogens is 1. The molecule has 0 aliphatic heterocycles. The summed E-state index contributed by atoms with van der Waals surface area (Å²) in [7, 11) is 0. The maximum Gasteiger partial charge on any atom is 0.237 e. The Morgan fingerprint density at radius 3 is 2.87 bits per heavy atom. The lowest BCUT2D eigenvalue weighted by molar-refractivity contribution is 0.305. The van der Waals surface area contributed by atoms with Crippen LogP contribution in [0.5, 0.6) is 5.88 Å². The van der Waals surface area contributed by atoms with Crippen LogP contribution in [0.1, 0.15) is 26.7 Å². The Balaban J connectivity index is 2.66. The van der Waals surface area contributed by atoms with Crippen molar-refractivity contribution in [3.8, 4) is 5.88 Å². The molecule has 0 aromatic carbocycles. The Bertz CT molecular complexity index is 307. The molecule has 0 spiro atoms. The van der Waals surface area contributed by atoms with Crippen LogP contribution < -0.4 is 10.1 Å². The van der Waals surface area contributed by atoms with Crippen molar-refractivity contribution >= 4 is 17.5 Å². The fourth-order valence-corrected chi connectivity index (χ4v) is 1.12. The van der Waals surface area contributed by atoms with Crippen LogP contribution in [-0.2, 0) is 0 Å². The number of nitrogens with one attached hydrogen (secondary N) is 1. The molecule has 1 N–H and O–H groups in total. The van der Waals surface area contributed by atoms with Crippen LogP contribution in [0.25, 0.3) is 0 Å². The number of hydrogen-bond donors (Lipinski definition) is 1. The minimum absolute atomic E-state index is 0.450. The predicted octanol–water partition coefficient (Wildman–Crippen LogP) is 2.74. The Hall–Kier alpha value is -1.03. The third-order valence-electron chi connectivity index (χ3n) is 1.69. The van der Waals surface area contributed by atoms with Gasteiger partial charge in [-0.3, -0.25) is 0 Å². The van der Waals surface area contributed by atoms with Crippen molar-refractivity contribution in [3.63, 3.8) is 0 Å². The van der Waals surface area contributed by atoms with E-state index in [2.05, 4.69) is 22.2 Å². The Morgan fingerprint density at radius 1 is 1.40 bits per heavy atom. The minimum Gasteiger partial charge on any atom is -0.477 e. The van der Waals surface area contributed by atoms with Crippen LogP contribution in [0, 0.1) is 0 Å². The summed E-state index contributed by atoms with van der Waals surface area (Å²) >= 11 is 5.89. The van der Waals surface area contributed by atoms with Crippen LogP contribution in [0.2, 0.25) is 5.02 Å². The first-order valence-corrected chi connectivity index (χ1v) is 5.55. The van der Waals surface area contributed by atoms with Crippen LogP contribution in [0.3, 0.4) is 0 Å². The standard InChI is InChI=1S/C10H16ClN3O/c1-3-5-12-10-13-7-8(11)9(14-10)15-6-4-2/h7H,3-6H2,1-2H3,(H,12,13,14). The zero-order valence-corrected chi connectivity index (χ0v) is 9.84. The third-order valence-corrected chi connectivity index (χ3v) is 1.95. The molecule has 0 aliphatic rings. The van der Waals surface area contributed by atoms with Gasteiger partial charge in [-0.15, -0.1) is 0 Å². The van der Waals surface area contributed by atoms with E-state index in [-0.39, 0.29) is 0 Å². The molecule has 0 saturated heterocycles. The van der Waals surface area contributed by atoms with Crippen LogP contribution >= 0.6 is 11.6 Å². The normalized spacial score (nSPS) is 10.1. The molecule has 0 aliphatic carbocycles. The summed E-state index contributed by atoms with van der Waals surface area (Å²) in [4.78, 5) is 8.22. The van der Waals surface area contributed by atoms with Gasteiger partial charge in [0.15, 0.2) is 0 Å². The van der Waals surface area contributed by atoms with E-state index in [1.807, 2.05) is 6.92 Å². The zero-order valence-electron chi connectivity index (χ0n) is 9.09. The predicted molar refractivity (Wildman–Crippen MR) is 61.6 cm³/mol. The van der Waals surface area contributed by atoms with E-state index < -0.39 is 0 Å². The summed E-state index contributed by atoms with van der Waals surface area (Å²) in [6.45, 7) is 5.57. The first-order chi connectivity index (χ1) is 7.27. The topological polar surface area (TPSA) is 47.0 Å². The molecule has 0 amide bonds. The van der Waals surface area contributed by atoms with E-state index in [1.54, 1.807) is 6.20 Å². The van der Waals surface area contributed by atoms with Crippen molar-refractivity contribution in [1.82, 2.24) is 9.97 Å². The Morgan fingerprint density at radius 2 is 2.20 bits per heavy atom. The second-order valence-corrected chi connectivity index (χ2v) is 3.53. The number of anilines is 1. The quantitative estimate of drug-likeness (QED) is 0.815. The largest absolute Gasteiger partial charge is 0.477 e. The van der Waals surface area contributed by atoms with Gasteiger partial charge in [0.1, 0.15) is 5.02 Å². The maximum atomic E-state index is 5.89. The van der Waals surface area contributed by atoms with E-state index in [9.17, 15) is 0 Å². The van der Waals surface area contributed by atoms with Crippen LogP contribution in [-0.4, -0.2) is 23.1 Å². The maximum absolute atomic E-state index is 5.89. The van der Waals surface area contributed by atoms with Gasteiger partial charge in [-0.05, 0) is 12.8 Å². The Labute approximate surface area is 95.0 Å². The monoisotopic (exact) mass is 229 g/mol. The summed E-state index contributed by atoms with van der Waals surface area (Å²) < 4.78 is 5.38. The second kappa shape index (κ2) is 6.45. The summed E-state index contributed by atoms with van der Waals surface area (Å²) in [6.07, 6.45) is 3.51. The summed E-state index contributed by atoms with van der Waals surface area (Å²) in [5.41, 5.74) is 0. The second-order valence-electron chi connectivity index (χ2n) is 3.12. The summed E-state index contributed by atoms with van der Waals surface area (Å²) in [5, 5.41) is 3.53. The van der Waals surface area contributed by atoms with Gasteiger partial charge in [0.05, 0.1) is 12.8 Å². The summed E-state index contributed by atoms with van der Waals surface area (Å²) in [5.74, 6) is 1.01. The van der Waals surface area contributed by atoms with E-state index in [0.717, 1.165) is 19.4 Å². The van der Waals surface area contributed by atoms with Gasteiger partial charge in [-0.1, -0.05) is 25.4 Å². The first kappa shape index (κ1) is 12.0. The van der Waals surface area contributed by atoms with Crippen molar-refractivity contribution in [2.45, 2.75) is 26.7 Å². The van der Waals surface area contributed by atoms with Gasteiger partial charge in [-0.25, -0.2) is 4.98 Å². The lowest BCUT2D eigenvalue weighted by Crippen LogP contribution is -2.06. The molecule has 84 valence electrons. The molecule has 0 saturated carbocycles. The molecule has 5 heteroatoms. The molecule has 1 aromatic heterocycles. The number of nitrogens with zero attached hydrogens (tertiary/aromatic N) is 2. The van der Waals surface area contributed by atoms with Crippen molar-refractivity contribution in [2.24, 2.45) is 0 Å². The van der Waals surface area contributed by atoms with Gasteiger partial charge in [0.25, 0.3) is 0 Å². The van der Waals surface area contributed by atoms with E-state index >= 15 is 0 Å². The molecule has 0 fully saturated rings. The molecule has 0 unspecified atom stereocenters. The van der Waals surface area contributed by atoms with Crippen LogP contribution in [0.4, 0.5) is 5.95 Å². The molecule has 1 rings (SSSR count). The van der Waals surface area contributed by atoms with Gasteiger partial charge in [0, 0.05) is 6.54 Å². The molecule has 4 nitrogen and oxygen atoms in total. The highest BCUT2D eigenvalue weighted by Gasteiger charge is 2.05. The highest BCUT2D eigenvalue weighted by atomic mass is 35.5. The molecular weight excluding hydrogens is 214 g/mol. The molecule has 1 heterocycles. The fraction of sp³-hybridized carbons (Fsp3) is 0.600. The van der Waals surface area contributed by atoms with E-state index in [4.69, 9.17) is 16.3 Å². The van der Waals surface area contributed by atoms with Crippen molar-refractivity contribution < 1.29 is 4.74 Å². The van der Waals surface area contributed by atoms with Gasteiger partial charge in [0.2, 0.25) is 11.8 Å². The van der Waals surface area contributed by atoms with E-state index in [1.165, 1.54) is 0 Å². The smallest absolute Gasteiger partial charge is 0.237 e. The van der Waals surface area contributed by atoms with Crippen molar-refractivity contribution in [3.05, 3.63) is 11.2 Å². The number of ether oxygens (including phenoxy) is 1. The van der Waals surface area contributed by atoms with Gasteiger partial charge < -0.3 is 10.1 Å². The van der Waals surface area contributed by atoms with Gasteiger partial charge >= 0.3 is 0 Å². The van der Waals surface area contributed by atoms with Crippen molar-refractivity contribution in [2.75, 3.05) is 18.5 Å². The first-order valence-electron chi connectivity index (χ1n) is 5.17. The zero-order chi connectivity index (χ0) is 11.1. The average molecular weight is 230 g/mol. The summed E-state index contributed by atoms with van der Waals surface area (Å²) in [6, 6.07) is 0. The van der Waals surface area contributed by atoms with Crippen molar-refractivity contribution in [1.29, 1.82) is 0 Å². The molecule has 15 heavy (non-hydrogen) atoms. The third kappa shape index (κ3) is 3.91. The number of hydrogen-bond acceptors (Lipinski definition) is 4. The molecule has 0 bridgehead atoms. The lowest BCUT2D eigenvalue weighted by atomic mass is 10.5. The fourth-order valence-electron chi connectivity index (χ4n) is 0.973. The SMILES string of the molecule is CCCNc1ncc(Cl)c(OCCC)n1. The molecule has 0 atom stereocenters. The average Bonchev–Trinajstić information content (AvgIpc) is 2.26. The molecular formula is C10H16ClN3O. The van der Waals surface area contributed by atoms with Crippen LogP contribution in [0.15, 0.2) is 6.20 Å². The Kier molecular flexibility index (Phi) is 5.18. The number of rotatable bonds is 6. The number of aromatic nitrogens is 2. The highest BCUT2D eigenvalue weighted by molar-refractivity contribution is 6.31. The van der Waals surface area contributed by atoms with E-state index in [0.29, 0.717) is 23.5 Å². The lowest BCUT2D eigenvalue weighted by Gasteiger charge is -2.07. The molecule has 1 aromatic rings. The minimum atomic E-state index is 0.450. The highest BCUT2D eigenvalue weighted by Crippen LogP contribution is 2.21.